The molecule has 0 radical (unpaired) electrons. The van der Waals surface area contributed by atoms with E-state index in [0.29, 0.717) is 23.6 Å². The third-order valence-corrected chi connectivity index (χ3v) is 8.06. The zero-order chi connectivity index (χ0) is 18.7. The SMILES string of the molecule is Cc1ccc(S(=O)(=O)N2CCC[C@@H](C(=O)N[C@@H](C)c3ccccc3)C2)s1. The molecule has 1 N–H and O–H groups in total. The highest BCUT2D eigenvalue weighted by Crippen LogP contribution is 2.28. The maximum absolute atomic E-state index is 12.8. The highest BCUT2D eigenvalue weighted by molar-refractivity contribution is 7.91. The molecule has 1 aromatic carbocycles. The number of nitrogens with zero attached hydrogens (tertiary/aromatic N) is 1. The van der Waals surface area contributed by atoms with E-state index in [-0.39, 0.29) is 24.4 Å². The van der Waals surface area contributed by atoms with Crippen molar-refractivity contribution in [3.05, 3.63) is 52.9 Å². The van der Waals surface area contributed by atoms with Crippen molar-refractivity contribution in [2.24, 2.45) is 5.92 Å². The summed E-state index contributed by atoms with van der Waals surface area (Å²) in [5, 5.41) is 3.02. The van der Waals surface area contributed by atoms with Crippen LogP contribution in [0.25, 0.3) is 0 Å². The Bertz CT molecular complexity index is 862. The molecule has 3 rings (SSSR count). The summed E-state index contributed by atoms with van der Waals surface area (Å²) in [6.45, 7) is 4.55. The topological polar surface area (TPSA) is 66.5 Å². The zero-order valence-electron chi connectivity index (χ0n) is 15.0. The first kappa shape index (κ1) is 19.1. The summed E-state index contributed by atoms with van der Waals surface area (Å²) in [4.78, 5) is 13.6. The Labute approximate surface area is 159 Å². The monoisotopic (exact) mass is 392 g/mol. The van der Waals surface area contributed by atoms with Gasteiger partial charge in [0.15, 0.2) is 0 Å². The first-order valence-corrected chi connectivity index (χ1v) is 11.1. The fourth-order valence-electron chi connectivity index (χ4n) is 3.21. The van der Waals surface area contributed by atoms with Gasteiger partial charge in [-0.05, 0) is 44.4 Å². The molecule has 0 unspecified atom stereocenters. The van der Waals surface area contributed by atoms with Crippen LogP contribution in [-0.4, -0.2) is 31.7 Å². The number of sulfonamides is 1. The second-order valence-electron chi connectivity index (χ2n) is 6.71. The molecule has 1 aliphatic heterocycles. The lowest BCUT2D eigenvalue weighted by Gasteiger charge is -2.31. The molecular formula is C19H24N2O3S2. The minimum Gasteiger partial charge on any atom is -0.349 e. The summed E-state index contributed by atoms with van der Waals surface area (Å²) in [6.07, 6.45) is 1.41. The van der Waals surface area contributed by atoms with Crippen molar-refractivity contribution in [2.45, 2.75) is 36.9 Å². The van der Waals surface area contributed by atoms with E-state index in [9.17, 15) is 13.2 Å². The average molecular weight is 393 g/mol. The standard InChI is InChI=1S/C19H24N2O3S2/c1-14-10-11-18(25-14)26(23,24)21-12-6-9-17(13-21)19(22)20-15(2)16-7-4-3-5-8-16/h3-5,7-8,10-11,15,17H,6,9,12-13H2,1-2H3,(H,20,22)/t15-,17+/m0/s1. The van der Waals surface area contributed by atoms with Crippen molar-refractivity contribution in [1.82, 2.24) is 9.62 Å². The van der Waals surface area contributed by atoms with Gasteiger partial charge in [0.2, 0.25) is 5.91 Å². The van der Waals surface area contributed by atoms with Crippen molar-refractivity contribution >= 4 is 27.3 Å². The van der Waals surface area contributed by atoms with Gasteiger partial charge in [0.25, 0.3) is 10.0 Å². The highest BCUT2D eigenvalue weighted by atomic mass is 32.2. The quantitative estimate of drug-likeness (QED) is 0.849. The van der Waals surface area contributed by atoms with E-state index >= 15 is 0 Å². The van der Waals surface area contributed by atoms with Crippen molar-refractivity contribution in [3.8, 4) is 0 Å². The molecule has 1 amide bonds. The second-order valence-corrected chi connectivity index (χ2v) is 10.2. The van der Waals surface area contributed by atoms with E-state index in [4.69, 9.17) is 0 Å². The summed E-state index contributed by atoms with van der Waals surface area (Å²) in [5.74, 6) is -0.394. The van der Waals surface area contributed by atoms with Gasteiger partial charge in [-0.15, -0.1) is 11.3 Å². The maximum Gasteiger partial charge on any atom is 0.252 e. The van der Waals surface area contributed by atoms with Crippen LogP contribution in [0.3, 0.4) is 0 Å². The minimum absolute atomic E-state index is 0.0800. The summed E-state index contributed by atoms with van der Waals surface area (Å²) >= 11 is 1.28. The maximum atomic E-state index is 12.8. The molecule has 1 aliphatic rings. The Morgan fingerprint density at radius 3 is 2.62 bits per heavy atom. The summed E-state index contributed by atoms with van der Waals surface area (Å²) < 4.78 is 27.4. The molecule has 1 saturated heterocycles. The van der Waals surface area contributed by atoms with Crippen molar-refractivity contribution in [2.75, 3.05) is 13.1 Å². The summed E-state index contributed by atoms with van der Waals surface area (Å²) in [5.41, 5.74) is 1.04. The first-order chi connectivity index (χ1) is 12.4. The van der Waals surface area contributed by atoms with E-state index in [1.807, 2.05) is 50.2 Å². The Morgan fingerprint density at radius 1 is 1.23 bits per heavy atom. The van der Waals surface area contributed by atoms with Gasteiger partial charge in [0.05, 0.1) is 12.0 Å². The molecule has 0 spiro atoms. The number of carbonyl (C=O) groups is 1. The van der Waals surface area contributed by atoms with E-state index < -0.39 is 10.0 Å². The Morgan fingerprint density at radius 2 is 1.96 bits per heavy atom. The third-order valence-electron chi connectivity index (χ3n) is 4.72. The number of thiophene rings is 1. The zero-order valence-corrected chi connectivity index (χ0v) is 16.6. The number of carbonyl (C=O) groups excluding carboxylic acids is 1. The van der Waals surface area contributed by atoms with Gasteiger partial charge in [-0.2, -0.15) is 4.31 Å². The normalized spacial score (nSPS) is 19.8. The lowest BCUT2D eigenvalue weighted by atomic mass is 9.98. The Balaban J connectivity index is 1.67. The van der Waals surface area contributed by atoms with E-state index in [1.54, 1.807) is 6.07 Å². The van der Waals surface area contributed by atoms with E-state index in [0.717, 1.165) is 10.4 Å². The van der Waals surface area contributed by atoms with Crippen LogP contribution >= 0.6 is 11.3 Å². The van der Waals surface area contributed by atoms with Crippen LogP contribution in [-0.2, 0) is 14.8 Å². The van der Waals surface area contributed by atoms with Crippen LogP contribution in [0.5, 0.6) is 0 Å². The van der Waals surface area contributed by atoms with Gasteiger partial charge in [0, 0.05) is 18.0 Å². The number of nitrogens with one attached hydrogen (secondary N) is 1. The molecule has 2 atom stereocenters. The Kier molecular flexibility index (Phi) is 5.79. The van der Waals surface area contributed by atoms with E-state index in [1.165, 1.54) is 15.6 Å². The number of aryl methyl sites for hydroxylation is 1. The molecule has 2 heterocycles. The number of hydrogen-bond donors (Lipinski definition) is 1. The average Bonchev–Trinajstić information content (AvgIpc) is 3.10. The van der Waals surface area contributed by atoms with Crippen LogP contribution in [0.2, 0.25) is 0 Å². The highest BCUT2D eigenvalue weighted by Gasteiger charge is 2.34. The number of hydrogen-bond acceptors (Lipinski definition) is 4. The number of amides is 1. The smallest absolute Gasteiger partial charge is 0.252 e. The van der Waals surface area contributed by atoms with Crippen LogP contribution in [0.15, 0.2) is 46.7 Å². The minimum atomic E-state index is -3.52. The molecule has 0 bridgehead atoms. The van der Waals surface area contributed by atoms with Crippen molar-refractivity contribution in [3.63, 3.8) is 0 Å². The van der Waals surface area contributed by atoms with Crippen LogP contribution in [0.4, 0.5) is 0 Å². The fourth-order valence-corrected chi connectivity index (χ4v) is 6.17. The number of piperidine rings is 1. The molecule has 7 heteroatoms. The number of rotatable bonds is 5. The van der Waals surface area contributed by atoms with Gasteiger partial charge >= 0.3 is 0 Å². The molecule has 0 aliphatic carbocycles. The van der Waals surface area contributed by atoms with Gasteiger partial charge in [-0.3, -0.25) is 4.79 Å². The molecule has 26 heavy (non-hydrogen) atoms. The first-order valence-electron chi connectivity index (χ1n) is 8.80. The molecule has 2 aromatic rings. The predicted molar refractivity (Wildman–Crippen MR) is 104 cm³/mol. The van der Waals surface area contributed by atoms with Crippen LogP contribution in [0.1, 0.15) is 36.2 Å². The fraction of sp³-hybridized carbons (Fsp3) is 0.421. The largest absolute Gasteiger partial charge is 0.349 e. The van der Waals surface area contributed by atoms with Gasteiger partial charge in [-0.25, -0.2) is 8.42 Å². The molecule has 5 nitrogen and oxygen atoms in total. The lowest BCUT2D eigenvalue weighted by molar-refractivity contribution is -0.126. The molecule has 1 aromatic heterocycles. The van der Waals surface area contributed by atoms with Crippen molar-refractivity contribution < 1.29 is 13.2 Å². The van der Waals surface area contributed by atoms with E-state index in [2.05, 4.69) is 5.32 Å². The summed E-state index contributed by atoms with van der Waals surface area (Å²) in [6, 6.07) is 13.1. The van der Waals surface area contributed by atoms with Gasteiger partial charge < -0.3 is 5.32 Å². The van der Waals surface area contributed by atoms with Crippen molar-refractivity contribution in [1.29, 1.82) is 0 Å². The van der Waals surface area contributed by atoms with Gasteiger partial charge in [0.1, 0.15) is 4.21 Å². The predicted octanol–water partition coefficient (Wildman–Crippen LogP) is 3.33. The molecular weight excluding hydrogens is 368 g/mol. The molecule has 1 fully saturated rings. The molecule has 0 saturated carbocycles. The lowest BCUT2D eigenvalue weighted by Crippen LogP contribution is -2.45. The third kappa shape index (κ3) is 4.16. The second kappa shape index (κ2) is 7.90. The van der Waals surface area contributed by atoms with Gasteiger partial charge in [-0.1, -0.05) is 30.3 Å². The summed E-state index contributed by atoms with van der Waals surface area (Å²) in [7, 11) is -3.52. The Hall–Kier alpha value is -1.70. The number of benzene rings is 1. The van der Waals surface area contributed by atoms with Crippen LogP contribution in [0, 0.1) is 12.8 Å². The molecule has 140 valence electrons. The van der Waals surface area contributed by atoms with Crippen LogP contribution < -0.4 is 5.32 Å².